The van der Waals surface area contributed by atoms with Gasteiger partial charge in [0.05, 0.1) is 5.39 Å². The molecule has 0 saturated carbocycles. The standard InChI is InChI=1S/C7H4BrN5/c1-3-10-4(2-9)5-6(8)12-13-7(5)11-3/h1H3,(H,10,11,12,13). The van der Waals surface area contributed by atoms with Crippen molar-refractivity contribution in [3.05, 3.63) is 16.1 Å². The second kappa shape index (κ2) is 2.78. The molecule has 1 N–H and O–H groups in total. The summed E-state index contributed by atoms with van der Waals surface area (Å²) in [7, 11) is 0. The van der Waals surface area contributed by atoms with Crippen LogP contribution in [0.1, 0.15) is 11.5 Å². The number of aryl methyl sites for hydroxylation is 1. The number of H-pyrrole nitrogens is 1. The summed E-state index contributed by atoms with van der Waals surface area (Å²) >= 11 is 3.23. The molecule has 6 heteroatoms. The Balaban J connectivity index is 2.95. The highest BCUT2D eigenvalue weighted by Crippen LogP contribution is 2.21. The van der Waals surface area contributed by atoms with Crippen LogP contribution in [0, 0.1) is 18.3 Å². The summed E-state index contributed by atoms with van der Waals surface area (Å²) < 4.78 is 0.638. The topological polar surface area (TPSA) is 78.2 Å². The van der Waals surface area contributed by atoms with Gasteiger partial charge in [0, 0.05) is 0 Å². The Kier molecular flexibility index (Phi) is 1.74. The molecule has 0 bridgehead atoms. The molecule has 0 aliphatic heterocycles. The third-order valence-electron chi connectivity index (χ3n) is 1.59. The van der Waals surface area contributed by atoms with E-state index < -0.39 is 0 Å². The molecule has 2 aromatic heterocycles. The van der Waals surface area contributed by atoms with E-state index in [9.17, 15) is 0 Å². The summed E-state index contributed by atoms with van der Waals surface area (Å²) in [6, 6.07) is 2.00. The molecule has 13 heavy (non-hydrogen) atoms. The van der Waals surface area contributed by atoms with Crippen LogP contribution in [0.4, 0.5) is 0 Å². The van der Waals surface area contributed by atoms with E-state index in [0.717, 1.165) is 0 Å². The maximum absolute atomic E-state index is 8.80. The van der Waals surface area contributed by atoms with Crippen LogP contribution in [0.25, 0.3) is 11.0 Å². The van der Waals surface area contributed by atoms with Crippen molar-refractivity contribution in [1.29, 1.82) is 5.26 Å². The predicted molar refractivity (Wildman–Crippen MR) is 48.8 cm³/mol. The van der Waals surface area contributed by atoms with Crippen molar-refractivity contribution in [1.82, 2.24) is 20.2 Å². The van der Waals surface area contributed by atoms with Gasteiger partial charge in [0.1, 0.15) is 16.5 Å². The normalized spacial score (nSPS) is 10.2. The first-order valence-corrected chi connectivity index (χ1v) is 4.30. The minimum absolute atomic E-state index is 0.336. The molecule has 0 saturated heterocycles. The SMILES string of the molecule is Cc1nc(C#N)c2c(Br)[nH]nc2n1. The Hall–Kier alpha value is -1.48. The second-order valence-corrected chi connectivity index (χ2v) is 3.26. The van der Waals surface area contributed by atoms with E-state index in [2.05, 4.69) is 36.1 Å². The Morgan fingerprint density at radius 1 is 1.46 bits per heavy atom. The molecular formula is C7H4BrN5. The van der Waals surface area contributed by atoms with Gasteiger partial charge in [0.2, 0.25) is 0 Å². The van der Waals surface area contributed by atoms with Gasteiger partial charge in [-0.1, -0.05) is 0 Å². The maximum Gasteiger partial charge on any atom is 0.186 e. The van der Waals surface area contributed by atoms with Gasteiger partial charge in [-0.25, -0.2) is 9.97 Å². The van der Waals surface area contributed by atoms with E-state index in [-0.39, 0.29) is 0 Å². The van der Waals surface area contributed by atoms with Crippen LogP contribution < -0.4 is 0 Å². The van der Waals surface area contributed by atoms with Crippen molar-refractivity contribution < 1.29 is 0 Å². The molecule has 0 atom stereocenters. The van der Waals surface area contributed by atoms with Crippen LogP contribution in [-0.4, -0.2) is 20.2 Å². The molecule has 5 nitrogen and oxygen atoms in total. The summed E-state index contributed by atoms with van der Waals surface area (Å²) in [5.41, 5.74) is 0.846. The summed E-state index contributed by atoms with van der Waals surface area (Å²) in [5, 5.41) is 16.0. The highest BCUT2D eigenvalue weighted by molar-refractivity contribution is 9.10. The molecule has 2 heterocycles. The first kappa shape index (κ1) is 8.13. The zero-order valence-electron chi connectivity index (χ0n) is 6.67. The fourth-order valence-corrected chi connectivity index (χ4v) is 1.53. The van der Waals surface area contributed by atoms with E-state index >= 15 is 0 Å². The van der Waals surface area contributed by atoms with Gasteiger partial charge in [0.15, 0.2) is 11.3 Å². The van der Waals surface area contributed by atoms with Gasteiger partial charge in [-0.15, -0.1) is 0 Å². The van der Waals surface area contributed by atoms with E-state index in [1.807, 2.05) is 6.07 Å². The Labute approximate surface area is 81.9 Å². The highest BCUT2D eigenvalue weighted by Gasteiger charge is 2.11. The van der Waals surface area contributed by atoms with Crippen LogP contribution in [0.2, 0.25) is 0 Å². The fourth-order valence-electron chi connectivity index (χ4n) is 1.08. The number of hydrogen-bond donors (Lipinski definition) is 1. The lowest BCUT2D eigenvalue weighted by atomic mass is 10.3. The molecule has 0 fully saturated rings. The molecule has 64 valence electrons. The number of hydrogen-bond acceptors (Lipinski definition) is 4. The quantitative estimate of drug-likeness (QED) is 0.750. The minimum Gasteiger partial charge on any atom is -0.268 e. The van der Waals surface area contributed by atoms with E-state index in [1.54, 1.807) is 6.92 Å². The zero-order valence-corrected chi connectivity index (χ0v) is 8.25. The van der Waals surface area contributed by atoms with E-state index in [0.29, 0.717) is 27.2 Å². The Bertz CT molecular complexity index is 509. The lowest BCUT2D eigenvalue weighted by Gasteiger charge is -1.93. The molecule has 2 aromatic rings. The molecule has 0 radical (unpaired) electrons. The number of nitrogens with one attached hydrogen (secondary N) is 1. The van der Waals surface area contributed by atoms with E-state index in [4.69, 9.17) is 5.26 Å². The van der Waals surface area contributed by atoms with Crippen molar-refractivity contribution in [2.45, 2.75) is 6.92 Å². The lowest BCUT2D eigenvalue weighted by molar-refractivity contribution is 1.04. The van der Waals surface area contributed by atoms with Crippen LogP contribution in [0.3, 0.4) is 0 Å². The molecular weight excluding hydrogens is 234 g/mol. The molecule has 0 aliphatic rings. The first-order valence-electron chi connectivity index (χ1n) is 3.50. The fraction of sp³-hybridized carbons (Fsp3) is 0.143. The third kappa shape index (κ3) is 1.17. The van der Waals surface area contributed by atoms with E-state index in [1.165, 1.54) is 0 Å². The van der Waals surface area contributed by atoms with Crippen molar-refractivity contribution in [2.75, 3.05) is 0 Å². The Morgan fingerprint density at radius 2 is 2.23 bits per heavy atom. The van der Waals surface area contributed by atoms with Crippen LogP contribution >= 0.6 is 15.9 Å². The number of rotatable bonds is 0. The monoisotopic (exact) mass is 237 g/mol. The van der Waals surface area contributed by atoms with Crippen LogP contribution in [-0.2, 0) is 0 Å². The van der Waals surface area contributed by atoms with Gasteiger partial charge >= 0.3 is 0 Å². The van der Waals surface area contributed by atoms with Crippen molar-refractivity contribution >= 4 is 27.0 Å². The van der Waals surface area contributed by atoms with Gasteiger partial charge in [-0.05, 0) is 22.9 Å². The Morgan fingerprint density at radius 3 is 2.92 bits per heavy atom. The lowest BCUT2D eigenvalue weighted by Crippen LogP contribution is -1.92. The smallest absolute Gasteiger partial charge is 0.186 e. The van der Waals surface area contributed by atoms with Gasteiger partial charge in [-0.2, -0.15) is 10.4 Å². The van der Waals surface area contributed by atoms with Crippen molar-refractivity contribution in [2.24, 2.45) is 0 Å². The molecule has 0 amide bonds. The molecule has 0 spiro atoms. The summed E-state index contributed by atoms with van der Waals surface area (Å²) in [6.45, 7) is 1.73. The largest absolute Gasteiger partial charge is 0.268 e. The second-order valence-electron chi connectivity index (χ2n) is 2.47. The summed E-state index contributed by atoms with van der Waals surface area (Å²) in [4.78, 5) is 8.06. The average molecular weight is 238 g/mol. The predicted octanol–water partition coefficient (Wildman–Crippen LogP) is 1.30. The molecule has 0 aromatic carbocycles. The van der Waals surface area contributed by atoms with Gasteiger partial charge < -0.3 is 0 Å². The first-order chi connectivity index (χ1) is 6.22. The molecule has 0 aliphatic carbocycles. The van der Waals surface area contributed by atoms with Crippen molar-refractivity contribution in [3.8, 4) is 6.07 Å². The number of halogens is 1. The van der Waals surface area contributed by atoms with Crippen LogP contribution in [0.15, 0.2) is 4.60 Å². The maximum atomic E-state index is 8.80. The number of aromatic amines is 1. The number of fused-ring (bicyclic) bond motifs is 1. The average Bonchev–Trinajstić information content (AvgIpc) is 2.46. The minimum atomic E-state index is 0.336. The van der Waals surface area contributed by atoms with Gasteiger partial charge in [-0.3, -0.25) is 5.10 Å². The van der Waals surface area contributed by atoms with Crippen molar-refractivity contribution in [3.63, 3.8) is 0 Å². The third-order valence-corrected chi connectivity index (χ3v) is 2.16. The summed E-state index contributed by atoms with van der Waals surface area (Å²) in [6.07, 6.45) is 0. The molecule has 2 rings (SSSR count). The molecule has 0 unspecified atom stereocenters. The zero-order chi connectivity index (χ0) is 9.42. The summed E-state index contributed by atoms with van der Waals surface area (Å²) in [5.74, 6) is 0.544. The number of nitrogens with zero attached hydrogens (tertiary/aromatic N) is 4. The van der Waals surface area contributed by atoms with Gasteiger partial charge in [0.25, 0.3) is 0 Å². The van der Waals surface area contributed by atoms with Crippen LogP contribution in [0.5, 0.6) is 0 Å². The number of nitriles is 1. The number of aromatic nitrogens is 4. The highest BCUT2D eigenvalue weighted by atomic mass is 79.9.